The van der Waals surface area contributed by atoms with Crippen molar-refractivity contribution in [1.29, 1.82) is 0 Å². The van der Waals surface area contributed by atoms with E-state index in [1.165, 1.54) is 60.4 Å². The molecule has 2 heteroatoms. The van der Waals surface area contributed by atoms with Crippen LogP contribution in [0, 0.1) is 0 Å². The first-order valence-electron chi connectivity index (χ1n) is 20.6. The molecule has 0 amide bonds. The van der Waals surface area contributed by atoms with Crippen molar-refractivity contribution in [2.24, 2.45) is 0 Å². The SMILES string of the molecule is c1ccc(-c2ccc(N(c3cccc(-c4cccc5cccc(-c6ccccc6)c45)c3)c3ccccc3-n3c4ccccc4c4ccccc43)c(-c3ccccc3)c2)cc1. The van der Waals surface area contributed by atoms with Gasteiger partial charge in [-0.1, -0.05) is 194 Å². The average Bonchev–Trinajstić information content (AvgIpc) is 3.67. The van der Waals surface area contributed by atoms with Crippen molar-refractivity contribution in [3.63, 3.8) is 0 Å². The van der Waals surface area contributed by atoms with Gasteiger partial charge in [-0.05, 0) is 98.2 Å². The Bertz CT molecular complexity index is 3250. The standard InChI is InChI=1S/C58H40N2/c1-4-19-41(20-5-1)45-37-38-55(52(40-45)43-23-8-3-9-24-43)59(56-35-14-15-36-57(56)60-53-33-12-10-29-50(53)51-30-11-13-34-54(51)60)47-28-16-27-46(39-47)49-32-18-26-44-25-17-31-48(58(44)49)42-21-6-2-7-22-42/h1-40H. The molecular formula is C58H40N2. The maximum atomic E-state index is 2.47. The summed E-state index contributed by atoms with van der Waals surface area (Å²) < 4.78 is 2.44. The summed E-state index contributed by atoms with van der Waals surface area (Å²) in [4.78, 5) is 2.47. The Morgan fingerprint density at radius 2 is 0.817 bits per heavy atom. The number of hydrogen-bond acceptors (Lipinski definition) is 1. The monoisotopic (exact) mass is 764 g/mol. The molecule has 0 bridgehead atoms. The molecule has 0 atom stereocenters. The number of aromatic nitrogens is 1. The zero-order valence-electron chi connectivity index (χ0n) is 33.0. The summed E-state index contributed by atoms with van der Waals surface area (Å²) in [7, 11) is 0. The van der Waals surface area contributed by atoms with Crippen LogP contribution < -0.4 is 4.90 Å². The molecule has 0 radical (unpaired) electrons. The molecule has 1 heterocycles. The summed E-state index contributed by atoms with van der Waals surface area (Å²) in [5.74, 6) is 0. The normalized spacial score (nSPS) is 11.3. The lowest BCUT2D eigenvalue weighted by Gasteiger charge is -2.31. The van der Waals surface area contributed by atoms with Crippen molar-refractivity contribution < 1.29 is 0 Å². The number of rotatable bonds is 8. The largest absolute Gasteiger partial charge is 0.308 e. The second kappa shape index (κ2) is 15.1. The number of nitrogens with zero attached hydrogens (tertiary/aromatic N) is 2. The molecule has 10 aromatic carbocycles. The van der Waals surface area contributed by atoms with Gasteiger partial charge in [-0.15, -0.1) is 0 Å². The third kappa shape index (κ3) is 6.14. The van der Waals surface area contributed by atoms with Gasteiger partial charge in [-0.3, -0.25) is 0 Å². The Morgan fingerprint density at radius 3 is 1.48 bits per heavy atom. The predicted octanol–water partition coefficient (Wildman–Crippen LogP) is 16.1. The van der Waals surface area contributed by atoms with E-state index in [2.05, 4.69) is 252 Å². The van der Waals surface area contributed by atoms with Crippen LogP contribution in [0.5, 0.6) is 0 Å². The average molecular weight is 765 g/mol. The van der Waals surface area contributed by atoms with Crippen molar-refractivity contribution in [3.8, 4) is 50.2 Å². The van der Waals surface area contributed by atoms with Crippen LogP contribution in [-0.2, 0) is 0 Å². The van der Waals surface area contributed by atoms with Crippen LogP contribution in [0.1, 0.15) is 0 Å². The van der Waals surface area contributed by atoms with Crippen molar-refractivity contribution >= 4 is 49.6 Å². The van der Waals surface area contributed by atoms with Gasteiger partial charge in [0, 0.05) is 22.0 Å². The topological polar surface area (TPSA) is 8.17 Å². The van der Waals surface area contributed by atoms with Crippen LogP contribution >= 0.6 is 0 Å². The molecule has 60 heavy (non-hydrogen) atoms. The molecule has 1 aromatic heterocycles. The molecule has 0 spiro atoms. The summed E-state index contributed by atoms with van der Waals surface area (Å²) in [6.45, 7) is 0. The first-order chi connectivity index (χ1) is 29.8. The second-order valence-electron chi connectivity index (χ2n) is 15.3. The third-order valence-corrected chi connectivity index (χ3v) is 11.8. The van der Waals surface area contributed by atoms with E-state index in [9.17, 15) is 0 Å². The Hall–Kier alpha value is -7.94. The van der Waals surface area contributed by atoms with E-state index in [4.69, 9.17) is 0 Å². The predicted molar refractivity (Wildman–Crippen MR) is 255 cm³/mol. The Morgan fingerprint density at radius 1 is 0.300 bits per heavy atom. The van der Waals surface area contributed by atoms with Gasteiger partial charge >= 0.3 is 0 Å². The molecule has 282 valence electrons. The second-order valence-corrected chi connectivity index (χ2v) is 15.3. The van der Waals surface area contributed by atoms with E-state index < -0.39 is 0 Å². The van der Waals surface area contributed by atoms with Crippen LogP contribution in [0.15, 0.2) is 243 Å². The fourth-order valence-electron chi connectivity index (χ4n) is 9.07. The summed E-state index contributed by atoms with van der Waals surface area (Å²) >= 11 is 0. The lowest BCUT2D eigenvalue weighted by molar-refractivity contribution is 1.15. The van der Waals surface area contributed by atoms with Crippen molar-refractivity contribution in [1.82, 2.24) is 4.57 Å². The summed E-state index contributed by atoms with van der Waals surface area (Å²) in [5.41, 5.74) is 16.1. The summed E-state index contributed by atoms with van der Waals surface area (Å²) in [6, 6.07) is 88.0. The fraction of sp³-hybridized carbons (Fsp3) is 0. The van der Waals surface area contributed by atoms with Gasteiger partial charge in [0.15, 0.2) is 0 Å². The number of fused-ring (bicyclic) bond motifs is 4. The van der Waals surface area contributed by atoms with Gasteiger partial charge in [0.25, 0.3) is 0 Å². The van der Waals surface area contributed by atoms with Gasteiger partial charge in [0.05, 0.1) is 28.1 Å². The van der Waals surface area contributed by atoms with Crippen LogP contribution in [-0.4, -0.2) is 4.57 Å². The van der Waals surface area contributed by atoms with E-state index in [1.807, 2.05) is 0 Å². The first kappa shape index (κ1) is 35.2. The molecular weight excluding hydrogens is 725 g/mol. The molecule has 0 saturated heterocycles. The maximum Gasteiger partial charge on any atom is 0.0702 e. The molecule has 0 aliphatic carbocycles. The van der Waals surface area contributed by atoms with Gasteiger partial charge in [-0.2, -0.15) is 0 Å². The molecule has 0 unspecified atom stereocenters. The van der Waals surface area contributed by atoms with Gasteiger partial charge in [0.2, 0.25) is 0 Å². The van der Waals surface area contributed by atoms with E-state index in [-0.39, 0.29) is 0 Å². The highest BCUT2D eigenvalue weighted by Crippen LogP contribution is 2.47. The van der Waals surface area contributed by atoms with Gasteiger partial charge in [0.1, 0.15) is 0 Å². The number of para-hydroxylation sites is 4. The number of anilines is 3. The van der Waals surface area contributed by atoms with Crippen molar-refractivity contribution in [2.45, 2.75) is 0 Å². The zero-order chi connectivity index (χ0) is 39.8. The minimum absolute atomic E-state index is 1.07. The Kier molecular flexibility index (Phi) is 8.87. The molecule has 0 fully saturated rings. The number of hydrogen-bond donors (Lipinski definition) is 0. The highest BCUT2D eigenvalue weighted by atomic mass is 15.2. The van der Waals surface area contributed by atoms with Crippen LogP contribution in [0.2, 0.25) is 0 Å². The van der Waals surface area contributed by atoms with Crippen LogP contribution in [0.4, 0.5) is 17.1 Å². The molecule has 11 aromatic rings. The smallest absolute Gasteiger partial charge is 0.0702 e. The van der Waals surface area contributed by atoms with Crippen LogP contribution in [0.25, 0.3) is 82.8 Å². The number of benzene rings is 10. The molecule has 0 aliphatic rings. The Labute approximate surface area is 350 Å². The highest BCUT2D eigenvalue weighted by molar-refractivity contribution is 6.10. The first-order valence-corrected chi connectivity index (χ1v) is 20.6. The van der Waals surface area contributed by atoms with E-state index in [0.29, 0.717) is 0 Å². The minimum Gasteiger partial charge on any atom is -0.308 e. The van der Waals surface area contributed by atoms with Crippen molar-refractivity contribution in [3.05, 3.63) is 243 Å². The maximum absolute atomic E-state index is 2.47. The van der Waals surface area contributed by atoms with Gasteiger partial charge in [-0.25, -0.2) is 0 Å². The lowest BCUT2D eigenvalue weighted by Crippen LogP contribution is -2.14. The Balaban J connectivity index is 1.20. The van der Waals surface area contributed by atoms with E-state index in [0.717, 1.165) is 39.4 Å². The zero-order valence-corrected chi connectivity index (χ0v) is 33.0. The van der Waals surface area contributed by atoms with E-state index >= 15 is 0 Å². The van der Waals surface area contributed by atoms with E-state index in [1.54, 1.807) is 0 Å². The lowest BCUT2D eigenvalue weighted by atomic mass is 9.91. The molecule has 11 rings (SSSR count). The molecule has 0 aliphatic heterocycles. The molecule has 2 nitrogen and oxygen atoms in total. The van der Waals surface area contributed by atoms with Crippen molar-refractivity contribution in [2.75, 3.05) is 4.90 Å². The van der Waals surface area contributed by atoms with Gasteiger partial charge < -0.3 is 9.47 Å². The molecule has 0 saturated carbocycles. The quantitative estimate of drug-likeness (QED) is 0.150. The third-order valence-electron chi connectivity index (χ3n) is 11.8. The van der Waals surface area contributed by atoms with Crippen LogP contribution in [0.3, 0.4) is 0 Å². The fourth-order valence-corrected chi connectivity index (χ4v) is 9.07. The summed E-state index contributed by atoms with van der Waals surface area (Å²) in [6.07, 6.45) is 0. The minimum atomic E-state index is 1.07. The summed E-state index contributed by atoms with van der Waals surface area (Å²) in [5, 5.41) is 4.94. The highest BCUT2D eigenvalue weighted by Gasteiger charge is 2.24. The molecule has 0 N–H and O–H groups in total.